The van der Waals surface area contributed by atoms with Crippen molar-refractivity contribution in [2.45, 2.75) is 13.1 Å². The van der Waals surface area contributed by atoms with Gasteiger partial charge in [-0.15, -0.1) is 4.80 Å². The van der Waals surface area contributed by atoms with Crippen LogP contribution in [0.15, 0.2) is 61.2 Å². The molecule has 0 saturated heterocycles. The second-order valence-corrected chi connectivity index (χ2v) is 6.73. The molecule has 1 amide bonds. The van der Waals surface area contributed by atoms with Crippen molar-refractivity contribution in [1.82, 2.24) is 25.0 Å². The molecular weight excluding hydrogens is 428 g/mol. The quantitative estimate of drug-likeness (QED) is 0.472. The molecular formula is C21H14F4N6O. The Hall–Kier alpha value is -4.15. The van der Waals surface area contributed by atoms with Crippen LogP contribution in [0.5, 0.6) is 0 Å². The first-order valence-corrected chi connectivity index (χ1v) is 9.21. The molecule has 0 radical (unpaired) electrons. The van der Waals surface area contributed by atoms with E-state index in [2.05, 4.69) is 25.5 Å². The van der Waals surface area contributed by atoms with Gasteiger partial charge in [0.2, 0.25) is 0 Å². The molecule has 32 heavy (non-hydrogen) atoms. The average Bonchev–Trinajstić information content (AvgIpc) is 3.28. The highest BCUT2D eigenvalue weighted by Gasteiger charge is 2.36. The van der Waals surface area contributed by atoms with Crippen molar-refractivity contribution >= 4 is 11.6 Å². The first kappa shape index (κ1) is 21.1. The Kier molecular flexibility index (Phi) is 5.39. The van der Waals surface area contributed by atoms with E-state index in [1.165, 1.54) is 24.5 Å². The maximum absolute atomic E-state index is 14.6. The number of carbonyl (C=O) groups is 1. The highest BCUT2D eigenvalue weighted by atomic mass is 19.4. The molecule has 0 aliphatic heterocycles. The lowest BCUT2D eigenvalue weighted by Gasteiger charge is -2.13. The summed E-state index contributed by atoms with van der Waals surface area (Å²) in [6.07, 6.45) is 0.195. The molecule has 1 aromatic carbocycles. The first-order chi connectivity index (χ1) is 15.2. The number of amides is 1. The number of carbonyl (C=O) groups excluding carboxylic acids is 1. The molecule has 4 rings (SSSR count). The number of nitrogens with one attached hydrogen (secondary N) is 1. The lowest BCUT2D eigenvalue weighted by molar-refractivity contribution is -0.137. The molecule has 7 nitrogen and oxygen atoms in total. The molecule has 3 heterocycles. The molecule has 0 unspecified atom stereocenters. The van der Waals surface area contributed by atoms with Crippen LogP contribution < -0.4 is 5.32 Å². The number of nitrogens with zero attached hydrogens (tertiary/aromatic N) is 5. The van der Waals surface area contributed by atoms with E-state index in [-0.39, 0.29) is 11.3 Å². The van der Waals surface area contributed by atoms with E-state index in [1.54, 1.807) is 12.3 Å². The molecule has 0 bridgehead atoms. The monoisotopic (exact) mass is 442 g/mol. The molecule has 4 aromatic rings. The molecule has 0 saturated carbocycles. The summed E-state index contributed by atoms with van der Waals surface area (Å²) in [6.45, 7) is 1.81. The van der Waals surface area contributed by atoms with Crippen LogP contribution in [0.3, 0.4) is 0 Å². The summed E-state index contributed by atoms with van der Waals surface area (Å²) >= 11 is 0. The molecule has 1 N–H and O–H groups in total. The Morgan fingerprint density at radius 2 is 1.78 bits per heavy atom. The van der Waals surface area contributed by atoms with Gasteiger partial charge in [0.15, 0.2) is 5.82 Å². The number of rotatable bonds is 4. The van der Waals surface area contributed by atoms with E-state index >= 15 is 0 Å². The van der Waals surface area contributed by atoms with Crippen molar-refractivity contribution < 1.29 is 22.4 Å². The Morgan fingerprint density at radius 3 is 2.44 bits per heavy atom. The zero-order valence-corrected chi connectivity index (χ0v) is 16.4. The van der Waals surface area contributed by atoms with Crippen molar-refractivity contribution in [3.63, 3.8) is 0 Å². The van der Waals surface area contributed by atoms with Gasteiger partial charge in [-0.05, 0) is 36.8 Å². The maximum atomic E-state index is 14.6. The van der Waals surface area contributed by atoms with Gasteiger partial charge < -0.3 is 5.32 Å². The van der Waals surface area contributed by atoms with Gasteiger partial charge in [0, 0.05) is 11.8 Å². The van der Waals surface area contributed by atoms with Crippen molar-refractivity contribution in [3.8, 4) is 17.1 Å². The number of alkyl halides is 3. The molecule has 162 valence electrons. The maximum Gasteiger partial charge on any atom is 0.420 e. The largest absolute Gasteiger partial charge is 0.420 e. The van der Waals surface area contributed by atoms with Crippen LogP contribution in [-0.2, 0) is 6.18 Å². The molecule has 0 atom stereocenters. The van der Waals surface area contributed by atoms with Crippen molar-refractivity contribution in [2.75, 3.05) is 5.32 Å². The minimum absolute atomic E-state index is 0.262. The van der Waals surface area contributed by atoms with E-state index in [4.69, 9.17) is 0 Å². The van der Waals surface area contributed by atoms with Crippen molar-refractivity contribution in [1.29, 1.82) is 0 Å². The lowest BCUT2D eigenvalue weighted by atomic mass is 10.0. The molecule has 3 aromatic heterocycles. The van der Waals surface area contributed by atoms with Crippen LogP contribution in [0.4, 0.5) is 23.2 Å². The number of hydrogen-bond donors (Lipinski definition) is 1. The average molecular weight is 442 g/mol. The topological polar surface area (TPSA) is 85.6 Å². The fraction of sp³-hybridized carbons (Fsp3) is 0.0952. The van der Waals surface area contributed by atoms with E-state index < -0.39 is 29.3 Å². The first-order valence-electron chi connectivity index (χ1n) is 9.21. The third-order valence-electron chi connectivity index (χ3n) is 4.53. The number of pyridine rings is 2. The Morgan fingerprint density at radius 1 is 1.03 bits per heavy atom. The zero-order valence-electron chi connectivity index (χ0n) is 16.4. The van der Waals surface area contributed by atoms with Crippen LogP contribution in [0, 0.1) is 12.7 Å². The van der Waals surface area contributed by atoms with E-state index in [1.807, 2.05) is 13.0 Å². The summed E-state index contributed by atoms with van der Waals surface area (Å²) in [7, 11) is 0. The number of anilines is 1. The van der Waals surface area contributed by atoms with Crippen LogP contribution in [-0.4, -0.2) is 30.9 Å². The second kappa shape index (κ2) is 8.17. The summed E-state index contributed by atoms with van der Waals surface area (Å²) < 4.78 is 55.1. The van der Waals surface area contributed by atoms with Crippen molar-refractivity contribution in [3.05, 3.63) is 83.7 Å². The normalized spacial score (nSPS) is 11.4. The highest BCUT2D eigenvalue weighted by molar-refractivity contribution is 6.04. The second-order valence-electron chi connectivity index (χ2n) is 6.73. The highest BCUT2D eigenvalue weighted by Crippen LogP contribution is 2.34. The van der Waals surface area contributed by atoms with Crippen LogP contribution in [0.1, 0.15) is 21.5 Å². The molecule has 0 spiro atoms. The van der Waals surface area contributed by atoms with Gasteiger partial charge in [-0.25, -0.2) is 9.37 Å². The summed E-state index contributed by atoms with van der Waals surface area (Å²) in [6, 6.07) is 8.15. The third kappa shape index (κ3) is 4.17. The Labute approximate surface area is 178 Å². The van der Waals surface area contributed by atoms with Gasteiger partial charge in [0.05, 0.1) is 35.5 Å². The van der Waals surface area contributed by atoms with Gasteiger partial charge in [-0.1, -0.05) is 12.1 Å². The SMILES string of the molecule is Cc1cccnc1-c1ccc(C(=O)Nc2cnc(-n3nccn3)c(C(F)(F)F)c2)c(F)c1. The smallest absolute Gasteiger partial charge is 0.320 e. The van der Waals surface area contributed by atoms with E-state index in [0.717, 1.165) is 17.8 Å². The predicted octanol–water partition coefficient (Wildman–Crippen LogP) is 4.44. The fourth-order valence-electron chi connectivity index (χ4n) is 3.05. The Bertz CT molecular complexity index is 1290. The van der Waals surface area contributed by atoms with Crippen LogP contribution in [0.2, 0.25) is 0 Å². The molecule has 0 aliphatic carbocycles. The van der Waals surface area contributed by atoms with Gasteiger partial charge in [-0.3, -0.25) is 9.78 Å². The standard InChI is InChI=1S/C21H14F4N6O/c1-12-3-2-6-26-18(12)13-4-5-15(17(22)9-13)20(32)30-14-10-16(21(23,24)25)19(27-11-14)31-28-7-8-29-31/h2-11H,1H3,(H,30,32). The van der Waals surface area contributed by atoms with E-state index in [0.29, 0.717) is 22.1 Å². The number of benzene rings is 1. The summed E-state index contributed by atoms with van der Waals surface area (Å²) in [4.78, 5) is 21.2. The fourth-order valence-corrected chi connectivity index (χ4v) is 3.05. The van der Waals surface area contributed by atoms with Gasteiger partial charge >= 0.3 is 6.18 Å². The number of aryl methyl sites for hydroxylation is 1. The third-order valence-corrected chi connectivity index (χ3v) is 4.53. The summed E-state index contributed by atoms with van der Waals surface area (Å²) in [5.74, 6) is -2.32. The molecule has 11 heteroatoms. The zero-order chi connectivity index (χ0) is 22.9. The molecule has 0 aliphatic rings. The van der Waals surface area contributed by atoms with Crippen molar-refractivity contribution in [2.24, 2.45) is 0 Å². The Balaban J connectivity index is 1.62. The van der Waals surface area contributed by atoms with Gasteiger partial charge in [0.1, 0.15) is 11.4 Å². The minimum atomic E-state index is -4.79. The van der Waals surface area contributed by atoms with Crippen LogP contribution >= 0.6 is 0 Å². The predicted molar refractivity (Wildman–Crippen MR) is 106 cm³/mol. The number of halogens is 4. The van der Waals surface area contributed by atoms with Crippen LogP contribution in [0.25, 0.3) is 17.1 Å². The summed E-state index contributed by atoms with van der Waals surface area (Å²) in [5.41, 5.74) is 0.0833. The number of aromatic nitrogens is 5. The molecule has 0 fully saturated rings. The van der Waals surface area contributed by atoms with E-state index in [9.17, 15) is 22.4 Å². The number of hydrogen-bond acceptors (Lipinski definition) is 5. The van der Waals surface area contributed by atoms with Gasteiger partial charge in [-0.2, -0.15) is 23.4 Å². The van der Waals surface area contributed by atoms with Gasteiger partial charge in [0.25, 0.3) is 5.91 Å². The lowest BCUT2D eigenvalue weighted by Crippen LogP contribution is -2.18. The minimum Gasteiger partial charge on any atom is -0.320 e. The summed E-state index contributed by atoms with van der Waals surface area (Å²) in [5, 5.41) is 9.55.